The molecule has 2 unspecified atom stereocenters. The van der Waals surface area contributed by atoms with Crippen molar-refractivity contribution in [1.29, 1.82) is 0 Å². The Balaban J connectivity index is 2.11. The number of carbonyl (C=O) groups excluding carboxylic acids is 1. The average molecular weight is 375 g/mol. The summed E-state index contributed by atoms with van der Waals surface area (Å²) < 4.78 is 0.927. The maximum atomic E-state index is 12.5. The monoisotopic (exact) mass is 375 g/mol. The van der Waals surface area contributed by atoms with Crippen molar-refractivity contribution < 1.29 is 14.7 Å². The number of carboxylic acids is 1. The molecule has 2 atom stereocenters. The van der Waals surface area contributed by atoms with Gasteiger partial charge < -0.3 is 21.9 Å². The molecule has 0 spiro atoms. The molecule has 0 radical (unpaired) electrons. The van der Waals surface area contributed by atoms with Crippen molar-refractivity contribution in [3.05, 3.63) is 34.6 Å². The summed E-state index contributed by atoms with van der Waals surface area (Å²) >= 11 is 0. The van der Waals surface area contributed by atoms with Crippen molar-refractivity contribution in [2.24, 2.45) is 16.5 Å². The number of carboxylic acid groups (broad SMARTS) is 1. The van der Waals surface area contributed by atoms with Gasteiger partial charge in [0.25, 0.3) is 5.56 Å². The van der Waals surface area contributed by atoms with Crippen molar-refractivity contribution >= 4 is 28.7 Å². The molecule has 27 heavy (non-hydrogen) atoms. The zero-order chi connectivity index (χ0) is 20.0. The van der Waals surface area contributed by atoms with Crippen molar-refractivity contribution in [2.45, 2.75) is 31.8 Å². The van der Waals surface area contributed by atoms with E-state index in [0.717, 1.165) is 4.68 Å². The Labute approximate surface area is 154 Å². The molecule has 0 fully saturated rings. The minimum absolute atomic E-state index is 0.0891. The van der Waals surface area contributed by atoms with Gasteiger partial charge in [0, 0.05) is 6.54 Å². The Morgan fingerprint density at radius 3 is 2.70 bits per heavy atom. The molecule has 6 N–H and O–H groups in total. The third-order valence-corrected chi connectivity index (χ3v) is 3.90. The van der Waals surface area contributed by atoms with Crippen LogP contribution in [-0.2, 0) is 9.59 Å². The molecule has 11 nitrogen and oxygen atoms in total. The highest BCUT2D eigenvalue weighted by atomic mass is 16.4. The largest absolute Gasteiger partial charge is 0.480 e. The number of aliphatic carboxylic acids is 1. The summed E-state index contributed by atoms with van der Waals surface area (Å²) in [7, 11) is 0. The van der Waals surface area contributed by atoms with Crippen LogP contribution in [0.1, 0.15) is 25.8 Å². The predicted octanol–water partition coefficient (Wildman–Crippen LogP) is -1.02. The van der Waals surface area contributed by atoms with Gasteiger partial charge in [-0.15, -0.1) is 5.10 Å². The SMILES string of the molecule is CC(C(=O)NC(CCCN=C(N)N)C(=O)O)n1nnc2ccccc2c1=O. The lowest BCUT2D eigenvalue weighted by Crippen LogP contribution is -2.45. The molecule has 0 aliphatic heterocycles. The van der Waals surface area contributed by atoms with E-state index in [1.165, 1.54) is 6.92 Å². The zero-order valence-corrected chi connectivity index (χ0v) is 14.7. The smallest absolute Gasteiger partial charge is 0.326 e. The highest BCUT2D eigenvalue weighted by Gasteiger charge is 2.25. The number of hydrogen-bond acceptors (Lipinski definition) is 6. The maximum absolute atomic E-state index is 12.5. The second-order valence-electron chi connectivity index (χ2n) is 5.88. The van der Waals surface area contributed by atoms with E-state index in [4.69, 9.17) is 11.5 Å². The van der Waals surface area contributed by atoms with E-state index < -0.39 is 29.5 Å². The van der Waals surface area contributed by atoms with Gasteiger partial charge in [-0.05, 0) is 31.9 Å². The molecule has 2 rings (SSSR count). The number of rotatable bonds is 8. The molecule has 0 saturated heterocycles. The van der Waals surface area contributed by atoms with Crippen molar-refractivity contribution in [3.8, 4) is 0 Å². The number of aromatic nitrogens is 3. The van der Waals surface area contributed by atoms with Crippen LogP contribution >= 0.6 is 0 Å². The molecular formula is C16H21N7O4. The average Bonchev–Trinajstić information content (AvgIpc) is 2.63. The van der Waals surface area contributed by atoms with Gasteiger partial charge in [-0.2, -0.15) is 4.68 Å². The van der Waals surface area contributed by atoms with Gasteiger partial charge in [-0.3, -0.25) is 14.6 Å². The lowest BCUT2D eigenvalue weighted by Gasteiger charge is -2.18. The van der Waals surface area contributed by atoms with E-state index in [9.17, 15) is 19.5 Å². The van der Waals surface area contributed by atoms with Crippen LogP contribution in [0.15, 0.2) is 34.1 Å². The van der Waals surface area contributed by atoms with Gasteiger partial charge in [0.1, 0.15) is 17.6 Å². The summed E-state index contributed by atoms with van der Waals surface area (Å²) in [5.41, 5.74) is 10.3. The van der Waals surface area contributed by atoms with Gasteiger partial charge >= 0.3 is 5.97 Å². The van der Waals surface area contributed by atoms with Crippen LogP contribution < -0.4 is 22.3 Å². The Kier molecular flexibility index (Phi) is 6.41. The molecule has 2 aromatic rings. The van der Waals surface area contributed by atoms with Crippen LogP contribution in [0.25, 0.3) is 10.9 Å². The van der Waals surface area contributed by atoms with E-state index in [0.29, 0.717) is 17.3 Å². The summed E-state index contributed by atoms with van der Waals surface area (Å²) in [4.78, 5) is 40.0. The van der Waals surface area contributed by atoms with Crippen LogP contribution in [-0.4, -0.2) is 50.5 Å². The first kappa shape index (κ1) is 19.8. The number of guanidine groups is 1. The normalized spacial score (nSPS) is 12.9. The van der Waals surface area contributed by atoms with E-state index >= 15 is 0 Å². The molecule has 1 aromatic carbocycles. The fraction of sp³-hybridized carbons (Fsp3) is 0.375. The lowest BCUT2D eigenvalue weighted by molar-refractivity contribution is -0.142. The maximum Gasteiger partial charge on any atom is 0.326 e. The lowest BCUT2D eigenvalue weighted by atomic mass is 10.1. The minimum Gasteiger partial charge on any atom is -0.480 e. The molecule has 0 bridgehead atoms. The standard InChI is InChI=1S/C16H21N7O4/c1-9(23-14(25)10-5-2-3-6-11(10)21-22-23)13(24)20-12(15(26)27)7-4-8-19-16(17)18/h2-3,5-6,9,12H,4,7-8H2,1H3,(H,20,24)(H,26,27)(H4,17,18,19). The van der Waals surface area contributed by atoms with Gasteiger partial charge in [0.2, 0.25) is 5.91 Å². The number of fused-ring (bicyclic) bond motifs is 1. The molecule has 1 amide bonds. The fourth-order valence-electron chi connectivity index (χ4n) is 2.42. The predicted molar refractivity (Wildman–Crippen MR) is 98.0 cm³/mol. The number of nitrogens with zero attached hydrogens (tertiary/aromatic N) is 4. The second kappa shape index (κ2) is 8.74. The van der Waals surface area contributed by atoms with Gasteiger partial charge in [0.15, 0.2) is 5.96 Å². The summed E-state index contributed by atoms with van der Waals surface area (Å²) in [5.74, 6) is -1.94. The number of carbonyl (C=O) groups is 2. The first-order valence-electron chi connectivity index (χ1n) is 8.24. The molecule has 144 valence electrons. The molecule has 1 aromatic heterocycles. The van der Waals surface area contributed by atoms with E-state index in [2.05, 4.69) is 20.6 Å². The van der Waals surface area contributed by atoms with Gasteiger partial charge in [0.05, 0.1) is 5.39 Å². The van der Waals surface area contributed by atoms with E-state index in [1.807, 2.05) is 0 Å². The third-order valence-electron chi connectivity index (χ3n) is 3.90. The fourth-order valence-corrected chi connectivity index (χ4v) is 2.42. The van der Waals surface area contributed by atoms with Gasteiger partial charge in [-0.25, -0.2) is 4.79 Å². The molecule has 1 heterocycles. The van der Waals surface area contributed by atoms with Crippen LogP contribution in [0.4, 0.5) is 0 Å². The number of nitrogens with one attached hydrogen (secondary N) is 1. The first-order valence-corrected chi connectivity index (χ1v) is 8.24. The number of amides is 1. The van der Waals surface area contributed by atoms with Crippen LogP contribution in [0, 0.1) is 0 Å². The minimum atomic E-state index is -1.20. The molecular weight excluding hydrogens is 354 g/mol. The van der Waals surface area contributed by atoms with Crippen molar-refractivity contribution in [2.75, 3.05) is 6.54 Å². The van der Waals surface area contributed by atoms with Crippen LogP contribution in [0.2, 0.25) is 0 Å². The topological polar surface area (TPSA) is 179 Å². The summed E-state index contributed by atoms with van der Waals surface area (Å²) in [6, 6.07) is 4.44. The summed E-state index contributed by atoms with van der Waals surface area (Å²) in [5, 5.41) is 19.7. The van der Waals surface area contributed by atoms with Crippen molar-refractivity contribution in [3.63, 3.8) is 0 Å². The van der Waals surface area contributed by atoms with Crippen LogP contribution in [0.5, 0.6) is 0 Å². The quantitative estimate of drug-likeness (QED) is 0.257. The Hall–Kier alpha value is -3.50. The molecule has 0 aliphatic carbocycles. The number of nitrogens with two attached hydrogens (primary N) is 2. The molecule has 0 aliphatic rings. The van der Waals surface area contributed by atoms with E-state index in [-0.39, 0.29) is 18.9 Å². The Morgan fingerprint density at radius 1 is 1.33 bits per heavy atom. The highest BCUT2D eigenvalue weighted by molar-refractivity contribution is 5.86. The Morgan fingerprint density at radius 2 is 2.04 bits per heavy atom. The summed E-state index contributed by atoms with van der Waals surface area (Å²) in [6.07, 6.45) is 0.488. The number of hydrogen-bond donors (Lipinski definition) is 4. The molecule has 11 heteroatoms. The highest BCUT2D eigenvalue weighted by Crippen LogP contribution is 2.08. The second-order valence-corrected chi connectivity index (χ2v) is 5.88. The van der Waals surface area contributed by atoms with Crippen LogP contribution in [0.3, 0.4) is 0 Å². The Bertz CT molecular complexity index is 920. The summed E-state index contributed by atoms with van der Waals surface area (Å²) in [6.45, 7) is 1.69. The van der Waals surface area contributed by atoms with E-state index in [1.54, 1.807) is 24.3 Å². The third kappa shape index (κ3) is 5.00. The zero-order valence-electron chi connectivity index (χ0n) is 14.7. The first-order chi connectivity index (χ1) is 12.8. The number of benzene rings is 1. The van der Waals surface area contributed by atoms with Gasteiger partial charge in [-0.1, -0.05) is 17.3 Å². The molecule has 0 saturated carbocycles. The number of aliphatic imine (C=N–C) groups is 1. The van der Waals surface area contributed by atoms with Crippen molar-refractivity contribution in [1.82, 2.24) is 20.3 Å².